The van der Waals surface area contributed by atoms with E-state index in [1.807, 2.05) is 0 Å². The van der Waals surface area contributed by atoms with E-state index in [0.29, 0.717) is 22.0 Å². The number of hydrogen-bond donors (Lipinski definition) is 0. The molecule has 1 aromatic heterocycles. The Bertz CT molecular complexity index is 1240. The molecule has 162 valence electrons. The molecular weight excluding hydrogens is 443 g/mol. The molecule has 0 saturated carbocycles. The van der Waals surface area contributed by atoms with Crippen LogP contribution in [0.5, 0.6) is 0 Å². The van der Waals surface area contributed by atoms with Gasteiger partial charge in [0.25, 0.3) is 5.91 Å². The fourth-order valence-corrected chi connectivity index (χ4v) is 5.88. The average molecular weight is 463 g/mol. The molecule has 0 N–H and O–H groups in total. The van der Waals surface area contributed by atoms with Gasteiger partial charge in [0.1, 0.15) is 22.8 Å². The fourth-order valence-electron chi connectivity index (χ4n) is 3.85. The van der Waals surface area contributed by atoms with Crippen LogP contribution in [0.4, 0.5) is 4.39 Å². The van der Waals surface area contributed by atoms with Crippen molar-refractivity contribution < 1.29 is 22.1 Å². The van der Waals surface area contributed by atoms with Crippen molar-refractivity contribution >= 4 is 27.3 Å². The number of hydrogen-bond acceptors (Lipinski definition) is 5. The molecule has 1 saturated heterocycles. The highest BCUT2D eigenvalue weighted by Gasteiger charge is 2.36. The second-order valence-corrected chi connectivity index (χ2v) is 10.1. The molecule has 31 heavy (non-hydrogen) atoms. The van der Waals surface area contributed by atoms with E-state index in [1.54, 1.807) is 37.3 Å². The second kappa shape index (κ2) is 8.43. The number of sulfone groups is 1. The van der Waals surface area contributed by atoms with Gasteiger partial charge in [0.05, 0.1) is 16.0 Å². The van der Waals surface area contributed by atoms with Gasteiger partial charge in [-0.15, -0.1) is 0 Å². The molecule has 1 aliphatic rings. The summed E-state index contributed by atoms with van der Waals surface area (Å²) < 4.78 is 45.3. The van der Waals surface area contributed by atoms with E-state index in [9.17, 15) is 17.6 Å². The number of carbonyl (C=O) groups excluding carboxylic acids is 1. The molecule has 1 amide bonds. The van der Waals surface area contributed by atoms with Crippen LogP contribution in [0.3, 0.4) is 0 Å². The van der Waals surface area contributed by atoms with Crippen molar-refractivity contribution in [3.05, 3.63) is 76.3 Å². The van der Waals surface area contributed by atoms with Crippen LogP contribution < -0.4 is 0 Å². The lowest BCUT2D eigenvalue weighted by atomic mass is 10.0. The number of aromatic nitrogens is 1. The molecule has 0 radical (unpaired) electrons. The van der Waals surface area contributed by atoms with E-state index in [-0.39, 0.29) is 36.4 Å². The Labute approximate surface area is 184 Å². The highest BCUT2D eigenvalue weighted by Crippen LogP contribution is 2.34. The van der Waals surface area contributed by atoms with Gasteiger partial charge in [-0.3, -0.25) is 4.79 Å². The van der Waals surface area contributed by atoms with Gasteiger partial charge >= 0.3 is 0 Å². The Morgan fingerprint density at radius 2 is 1.87 bits per heavy atom. The molecule has 2 aromatic carbocycles. The number of nitrogens with zero attached hydrogens (tertiary/aromatic N) is 2. The highest BCUT2D eigenvalue weighted by atomic mass is 35.5. The van der Waals surface area contributed by atoms with E-state index in [0.717, 1.165) is 0 Å². The Balaban J connectivity index is 1.66. The van der Waals surface area contributed by atoms with Gasteiger partial charge in [-0.05, 0) is 25.5 Å². The van der Waals surface area contributed by atoms with Gasteiger partial charge in [0.15, 0.2) is 9.84 Å². The lowest BCUT2D eigenvalue weighted by Gasteiger charge is -2.20. The predicted molar refractivity (Wildman–Crippen MR) is 115 cm³/mol. The van der Waals surface area contributed by atoms with Crippen molar-refractivity contribution in [1.29, 1.82) is 0 Å². The Hall–Kier alpha value is -2.71. The Kier molecular flexibility index (Phi) is 5.85. The quantitative estimate of drug-likeness (QED) is 0.574. The normalized spacial score (nSPS) is 18.5. The van der Waals surface area contributed by atoms with Crippen molar-refractivity contribution in [3.8, 4) is 11.3 Å². The molecule has 6 nitrogen and oxygen atoms in total. The molecule has 0 bridgehead atoms. The van der Waals surface area contributed by atoms with Gasteiger partial charge in [-0.25, -0.2) is 12.8 Å². The summed E-state index contributed by atoms with van der Waals surface area (Å²) >= 11 is 6.27. The van der Waals surface area contributed by atoms with Gasteiger partial charge in [0, 0.05) is 24.2 Å². The zero-order valence-electron chi connectivity index (χ0n) is 16.7. The summed E-state index contributed by atoms with van der Waals surface area (Å²) in [5.41, 5.74) is 1.24. The summed E-state index contributed by atoms with van der Waals surface area (Å²) in [4.78, 5) is 14.8. The summed E-state index contributed by atoms with van der Waals surface area (Å²) in [7, 11) is -3.64. The van der Waals surface area contributed by atoms with Gasteiger partial charge in [0.2, 0.25) is 0 Å². The molecule has 0 spiro atoms. The van der Waals surface area contributed by atoms with E-state index in [2.05, 4.69) is 5.16 Å². The van der Waals surface area contributed by atoms with E-state index < -0.39 is 26.8 Å². The summed E-state index contributed by atoms with van der Waals surface area (Å²) in [5, 5.41) is 3.43. The number of amides is 1. The monoisotopic (exact) mass is 462 g/mol. The van der Waals surface area contributed by atoms with Crippen molar-refractivity contribution in [1.82, 2.24) is 10.1 Å². The van der Waals surface area contributed by atoms with E-state index in [4.69, 9.17) is 16.1 Å². The molecule has 3 aromatic rings. The summed E-state index contributed by atoms with van der Waals surface area (Å²) in [5.74, 6) is -0.897. The summed E-state index contributed by atoms with van der Waals surface area (Å²) in [6.07, 6.45) is 0.0980. The fraction of sp³-hybridized carbons (Fsp3) is 0.273. The van der Waals surface area contributed by atoms with Crippen LogP contribution in [0.2, 0.25) is 5.02 Å². The minimum absolute atomic E-state index is 0.00129. The standard InChI is InChI=1S/C22H20ClFN2O4S/c1-14-20(21(25-30-14)15-6-2-4-8-17(15)23)22(27)26-11-10-19(31(28,29)13-12-26)16-7-3-5-9-18(16)24/h2-9,19H,10-13H2,1H3. The highest BCUT2D eigenvalue weighted by molar-refractivity contribution is 7.91. The Morgan fingerprint density at radius 3 is 2.61 bits per heavy atom. The third kappa shape index (κ3) is 4.09. The van der Waals surface area contributed by atoms with Crippen molar-refractivity contribution in [3.63, 3.8) is 0 Å². The first-order chi connectivity index (χ1) is 14.8. The molecule has 2 heterocycles. The molecule has 1 aliphatic heterocycles. The first-order valence-electron chi connectivity index (χ1n) is 9.76. The topological polar surface area (TPSA) is 80.5 Å². The van der Waals surface area contributed by atoms with Crippen LogP contribution >= 0.6 is 11.6 Å². The van der Waals surface area contributed by atoms with Crippen molar-refractivity contribution in [2.45, 2.75) is 18.6 Å². The molecule has 1 atom stereocenters. The number of carbonyl (C=O) groups is 1. The molecular formula is C22H20ClFN2O4S. The maximum atomic E-state index is 14.3. The van der Waals surface area contributed by atoms with Crippen LogP contribution in [0.1, 0.15) is 33.4 Å². The Morgan fingerprint density at radius 1 is 1.16 bits per heavy atom. The molecule has 0 aliphatic carbocycles. The lowest BCUT2D eigenvalue weighted by Crippen LogP contribution is -2.34. The maximum absolute atomic E-state index is 14.3. The predicted octanol–water partition coefficient (Wildman–Crippen LogP) is 4.44. The zero-order valence-corrected chi connectivity index (χ0v) is 18.3. The van der Waals surface area contributed by atoms with Crippen molar-refractivity contribution in [2.24, 2.45) is 0 Å². The lowest BCUT2D eigenvalue weighted by molar-refractivity contribution is 0.0765. The van der Waals surface area contributed by atoms with Gasteiger partial charge < -0.3 is 9.42 Å². The van der Waals surface area contributed by atoms with Crippen LogP contribution in [0.25, 0.3) is 11.3 Å². The number of aryl methyl sites for hydroxylation is 1. The minimum Gasteiger partial charge on any atom is -0.360 e. The SMILES string of the molecule is Cc1onc(-c2ccccc2Cl)c1C(=O)N1CCC(c2ccccc2F)S(=O)(=O)CC1. The summed E-state index contributed by atoms with van der Waals surface area (Å²) in [6, 6.07) is 12.8. The van der Waals surface area contributed by atoms with Crippen LogP contribution in [-0.2, 0) is 9.84 Å². The third-order valence-electron chi connectivity index (χ3n) is 5.49. The molecule has 4 rings (SSSR count). The number of benzene rings is 2. The maximum Gasteiger partial charge on any atom is 0.259 e. The van der Waals surface area contributed by atoms with Crippen LogP contribution in [0, 0.1) is 12.7 Å². The van der Waals surface area contributed by atoms with Crippen LogP contribution in [-0.4, -0.2) is 43.2 Å². The largest absolute Gasteiger partial charge is 0.360 e. The summed E-state index contributed by atoms with van der Waals surface area (Å²) in [6.45, 7) is 1.78. The first-order valence-corrected chi connectivity index (χ1v) is 11.9. The zero-order chi connectivity index (χ0) is 22.2. The number of rotatable bonds is 3. The van der Waals surface area contributed by atoms with E-state index >= 15 is 0 Å². The van der Waals surface area contributed by atoms with Crippen LogP contribution in [0.15, 0.2) is 53.1 Å². The third-order valence-corrected chi connectivity index (χ3v) is 7.92. The van der Waals surface area contributed by atoms with Gasteiger partial charge in [-0.1, -0.05) is 53.2 Å². The van der Waals surface area contributed by atoms with E-state index in [1.165, 1.54) is 23.1 Å². The smallest absolute Gasteiger partial charge is 0.259 e. The first kappa shape index (κ1) is 21.5. The minimum atomic E-state index is -3.64. The number of halogens is 2. The van der Waals surface area contributed by atoms with Crippen molar-refractivity contribution in [2.75, 3.05) is 18.8 Å². The molecule has 1 fully saturated rings. The second-order valence-electron chi connectivity index (χ2n) is 7.40. The van der Waals surface area contributed by atoms with Gasteiger partial charge in [-0.2, -0.15) is 0 Å². The average Bonchev–Trinajstić information content (AvgIpc) is 3.04. The molecule has 9 heteroatoms. The molecule has 1 unspecified atom stereocenters.